The number of carbonyl (C=O) groups excluding carboxylic acids is 2. The lowest BCUT2D eigenvalue weighted by atomic mass is 9.81. The third kappa shape index (κ3) is 2.82. The van der Waals surface area contributed by atoms with Crippen molar-refractivity contribution < 1.29 is 18.5 Å². The van der Waals surface area contributed by atoms with E-state index in [4.69, 9.17) is 4.74 Å². The lowest BCUT2D eigenvalue weighted by molar-refractivity contribution is -0.152. The summed E-state index contributed by atoms with van der Waals surface area (Å²) in [5, 5.41) is 2.91. The lowest BCUT2D eigenvalue weighted by Gasteiger charge is -2.25. The fourth-order valence-corrected chi connectivity index (χ4v) is 4.26. The minimum atomic E-state index is -0.809. The zero-order valence-electron chi connectivity index (χ0n) is 12.2. The predicted molar refractivity (Wildman–Crippen MR) is 75.7 cm³/mol. The number of methoxy groups -OCH3 is 1. The number of urea groups is 1. The second-order valence-electron chi connectivity index (χ2n) is 5.94. The average molecular weight is 302 g/mol. The third-order valence-electron chi connectivity index (χ3n) is 4.45. The first kappa shape index (κ1) is 15.3. The molecule has 114 valence electrons. The van der Waals surface area contributed by atoms with Crippen molar-refractivity contribution in [2.45, 2.75) is 26.3 Å². The first-order valence-corrected chi connectivity index (χ1v) is 8.34. The second kappa shape index (κ2) is 5.71. The Hall–Kier alpha value is -1.11. The SMILES string of the molecule is COC(=O)[C@]1(C)CN(C(=O)NC2CCS(=O)C2)C[C@H]1C. The molecule has 4 atom stereocenters. The van der Waals surface area contributed by atoms with E-state index in [0.29, 0.717) is 24.6 Å². The molecule has 2 amide bonds. The Balaban J connectivity index is 1.96. The molecule has 6 nitrogen and oxygen atoms in total. The summed E-state index contributed by atoms with van der Waals surface area (Å²) in [7, 11) is 0.563. The standard InChI is InChI=1S/C13H22N2O4S/c1-9-6-15(8-13(9,2)11(16)19-3)12(17)14-10-4-5-20(18)7-10/h9-10H,4-8H2,1-3H3,(H,14,17)/t9-,10?,13-,20?/m1/s1. The largest absolute Gasteiger partial charge is 0.469 e. The van der Waals surface area contributed by atoms with Crippen molar-refractivity contribution in [2.24, 2.45) is 11.3 Å². The number of amides is 2. The van der Waals surface area contributed by atoms with E-state index in [1.807, 2.05) is 13.8 Å². The van der Waals surface area contributed by atoms with Crippen molar-refractivity contribution in [3.8, 4) is 0 Å². The van der Waals surface area contributed by atoms with E-state index in [0.717, 1.165) is 6.42 Å². The molecule has 0 saturated carbocycles. The van der Waals surface area contributed by atoms with Crippen LogP contribution in [0.5, 0.6) is 0 Å². The van der Waals surface area contributed by atoms with Crippen molar-refractivity contribution in [1.29, 1.82) is 0 Å². The Kier molecular flexibility index (Phi) is 4.36. The van der Waals surface area contributed by atoms with Gasteiger partial charge in [-0.3, -0.25) is 9.00 Å². The fourth-order valence-electron chi connectivity index (χ4n) is 2.85. The Morgan fingerprint density at radius 2 is 2.15 bits per heavy atom. The van der Waals surface area contributed by atoms with Crippen LogP contribution in [0.1, 0.15) is 20.3 Å². The molecule has 0 aromatic carbocycles. The molecule has 0 aromatic heterocycles. The first-order valence-electron chi connectivity index (χ1n) is 6.85. The van der Waals surface area contributed by atoms with E-state index in [-0.39, 0.29) is 24.0 Å². The molecule has 2 heterocycles. The number of hydrogen-bond acceptors (Lipinski definition) is 4. The average Bonchev–Trinajstić information content (AvgIpc) is 2.94. The molecule has 2 aliphatic heterocycles. The highest BCUT2D eigenvalue weighted by molar-refractivity contribution is 7.85. The smallest absolute Gasteiger partial charge is 0.317 e. The molecule has 0 aliphatic carbocycles. The highest BCUT2D eigenvalue weighted by atomic mass is 32.2. The van der Waals surface area contributed by atoms with Gasteiger partial charge in [0, 0.05) is 41.4 Å². The maximum Gasteiger partial charge on any atom is 0.317 e. The van der Waals surface area contributed by atoms with E-state index in [2.05, 4.69) is 5.32 Å². The van der Waals surface area contributed by atoms with Gasteiger partial charge in [0.15, 0.2) is 0 Å². The monoisotopic (exact) mass is 302 g/mol. The molecule has 20 heavy (non-hydrogen) atoms. The Labute approximate surface area is 121 Å². The van der Waals surface area contributed by atoms with Crippen LogP contribution in [0.4, 0.5) is 4.79 Å². The van der Waals surface area contributed by atoms with Gasteiger partial charge in [-0.2, -0.15) is 0 Å². The van der Waals surface area contributed by atoms with Gasteiger partial charge in [-0.25, -0.2) is 4.79 Å². The van der Waals surface area contributed by atoms with E-state index in [1.165, 1.54) is 7.11 Å². The molecule has 2 unspecified atom stereocenters. The van der Waals surface area contributed by atoms with Crippen molar-refractivity contribution in [3.05, 3.63) is 0 Å². The van der Waals surface area contributed by atoms with Crippen LogP contribution in [0, 0.1) is 11.3 Å². The molecule has 0 radical (unpaired) electrons. The van der Waals surface area contributed by atoms with Gasteiger partial charge in [0.2, 0.25) is 0 Å². The molecule has 2 rings (SSSR count). The van der Waals surface area contributed by atoms with Crippen LogP contribution in [0.15, 0.2) is 0 Å². The van der Waals surface area contributed by atoms with Gasteiger partial charge < -0.3 is 15.0 Å². The van der Waals surface area contributed by atoms with Gasteiger partial charge in [0.25, 0.3) is 0 Å². The highest BCUT2D eigenvalue weighted by Gasteiger charge is 2.48. The second-order valence-corrected chi connectivity index (χ2v) is 7.56. The molecule has 0 aromatic rings. The fraction of sp³-hybridized carbons (Fsp3) is 0.846. The van der Waals surface area contributed by atoms with Crippen molar-refractivity contribution >= 4 is 22.8 Å². The van der Waals surface area contributed by atoms with Gasteiger partial charge in [-0.05, 0) is 19.3 Å². The third-order valence-corrected chi connectivity index (χ3v) is 5.91. The summed E-state index contributed by atoms with van der Waals surface area (Å²) in [5.41, 5.74) is -0.648. The molecular formula is C13H22N2O4S. The summed E-state index contributed by atoms with van der Waals surface area (Å²) < 4.78 is 16.2. The van der Waals surface area contributed by atoms with Crippen LogP contribution < -0.4 is 5.32 Å². The number of likely N-dealkylation sites (tertiary alicyclic amines) is 1. The van der Waals surface area contributed by atoms with Crippen LogP contribution in [0.2, 0.25) is 0 Å². The Morgan fingerprint density at radius 1 is 1.45 bits per heavy atom. The molecule has 0 spiro atoms. The van der Waals surface area contributed by atoms with E-state index >= 15 is 0 Å². The number of esters is 1. The van der Waals surface area contributed by atoms with Gasteiger partial charge in [-0.15, -0.1) is 0 Å². The topological polar surface area (TPSA) is 75.7 Å². The summed E-state index contributed by atoms with van der Waals surface area (Å²) in [4.78, 5) is 25.8. The van der Waals surface area contributed by atoms with Crippen LogP contribution in [-0.2, 0) is 20.3 Å². The number of ether oxygens (including phenoxy) is 1. The van der Waals surface area contributed by atoms with Crippen molar-refractivity contribution in [1.82, 2.24) is 10.2 Å². The maximum absolute atomic E-state index is 12.2. The summed E-state index contributed by atoms with van der Waals surface area (Å²) in [6.07, 6.45) is 0.760. The maximum atomic E-state index is 12.2. The van der Waals surface area contributed by atoms with E-state index in [1.54, 1.807) is 4.90 Å². The molecule has 2 aliphatic rings. The summed E-state index contributed by atoms with van der Waals surface area (Å²) in [6, 6.07) is -0.183. The number of carbonyl (C=O) groups is 2. The van der Waals surface area contributed by atoms with Gasteiger partial charge in [0.05, 0.1) is 12.5 Å². The quantitative estimate of drug-likeness (QED) is 0.747. The van der Waals surface area contributed by atoms with Gasteiger partial charge in [-0.1, -0.05) is 6.92 Å². The highest BCUT2D eigenvalue weighted by Crippen LogP contribution is 2.36. The minimum absolute atomic E-state index is 0.0105. The minimum Gasteiger partial charge on any atom is -0.469 e. The molecule has 2 saturated heterocycles. The van der Waals surface area contributed by atoms with Crippen LogP contribution >= 0.6 is 0 Å². The summed E-state index contributed by atoms with van der Waals surface area (Å²) >= 11 is 0. The molecule has 2 fully saturated rings. The number of rotatable bonds is 2. The molecule has 1 N–H and O–H groups in total. The van der Waals surface area contributed by atoms with E-state index in [9.17, 15) is 13.8 Å². The normalized spacial score (nSPS) is 37.0. The zero-order valence-corrected chi connectivity index (χ0v) is 13.0. The summed E-state index contributed by atoms with van der Waals surface area (Å²) in [5.74, 6) is 0.964. The summed E-state index contributed by atoms with van der Waals surface area (Å²) in [6.45, 7) is 4.69. The van der Waals surface area contributed by atoms with Crippen LogP contribution in [0.25, 0.3) is 0 Å². The van der Waals surface area contributed by atoms with Gasteiger partial charge >= 0.3 is 12.0 Å². The predicted octanol–water partition coefficient (Wildman–Crippen LogP) is 0.348. The van der Waals surface area contributed by atoms with Gasteiger partial charge in [0.1, 0.15) is 0 Å². The molecular weight excluding hydrogens is 280 g/mol. The number of hydrogen-bond donors (Lipinski definition) is 1. The molecule has 7 heteroatoms. The molecule has 0 bridgehead atoms. The van der Waals surface area contributed by atoms with Crippen LogP contribution in [0.3, 0.4) is 0 Å². The number of nitrogens with one attached hydrogen (secondary N) is 1. The van der Waals surface area contributed by atoms with E-state index < -0.39 is 16.2 Å². The Morgan fingerprint density at radius 3 is 2.70 bits per heavy atom. The van der Waals surface area contributed by atoms with Crippen molar-refractivity contribution in [3.63, 3.8) is 0 Å². The lowest BCUT2D eigenvalue weighted by Crippen LogP contribution is -2.45. The van der Waals surface area contributed by atoms with Crippen LogP contribution in [-0.4, -0.2) is 58.9 Å². The Bertz CT molecular complexity index is 442. The number of nitrogens with zero attached hydrogens (tertiary/aromatic N) is 1. The zero-order chi connectivity index (χ0) is 14.9. The first-order chi connectivity index (χ1) is 9.36. The van der Waals surface area contributed by atoms with Crippen molar-refractivity contribution in [2.75, 3.05) is 31.7 Å².